The summed E-state index contributed by atoms with van der Waals surface area (Å²) in [5.41, 5.74) is 5.55. The lowest BCUT2D eigenvalue weighted by molar-refractivity contribution is 0.396. The fourth-order valence-electron chi connectivity index (χ4n) is 1.09. The van der Waals surface area contributed by atoms with E-state index in [1.807, 2.05) is 0 Å². The van der Waals surface area contributed by atoms with E-state index in [0.29, 0.717) is 11.5 Å². The molecule has 0 bridgehead atoms. The normalized spacial score (nSPS) is 11.8. The van der Waals surface area contributed by atoms with Crippen molar-refractivity contribution in [2.24, 2.45) is 5.73 Å². The lowest BCUT2D eigenvalue weighted by Crippen LogP contribution is -2.30. The van der Waals surface area contributed by atoms with E-state index in [1.165, 1.54) is 12.1 Å². The monoisotopic (exact) mass is 222 g/mol. The Labute approximate surface area is 91.5 Å². The first-order chi connectivity index (χ1) is 7.47. The van der Waals surface area contributed by atoms with Crippen molar-refractivity contribution < 1.29 is 8.91 Å². The largest absolute Gasteiger partial charge is 0.332 e. The van der Waals surface area contributed by atoms with Crippen LogP contribution in [-0.4, -0.2) is 15.1 Å². The summed E-state index contributed by atoms with van der Waals surface area (Å²) in [5.74, 6) is 0.199. The molecule has 2 aromatic rings. The zero-order chi connectivity index (χ0) is 11.8. The number of hydrogen-bond donors (Lipinski definition) is 1. The van der Waals surface area contributed by atoms with Gasteiger partial charge in [0.2, 0.25) is 0 Å². The summed E-state index contributed by atoms with van der Waals surface area (Å²) in [6.07, 6.45) is 1.09. The molecule has 0 atom stereocenters. The fourth-order valence-corrected chi connectivity index (χ4v) is 1.09. The van der Waals surface area contributed by atoms with Crippen molar-refractivity contribution >= 4 is 0 Å². The lowest BCUT2D eigenvalue weighted by Gasteiger charge is -2.11. The number of pyridine rings is 1. The van der Waals surface area contributed by atoms with E-state index in [-0.39, 0.29) is 5.89 Å². The summed E-state index contributed by atoms with van der Waals surface area (Å²) in [6.45, 7) is 3.53. The van der Waals surface area contributed by atoms with Crippen molar-refractivity contribution in [3.8, 4) is 11.6 Å². The van der Waals surface area contributed by atoms with E-state index in [9.17, 15) is 4.39 Å². The predicted molar refractivity (Wildman–Crippen MR) is 54.7 cm³/mol. The van der Waals surface area contributed by atoms with Gasteiger partial charge in [-0.3, -0.25) is 0 Å². The molecule has 6 heteroatoms. The van der Waals surface area contributed by atoms with Gasteiger partial charge in [-0.15, -0.1) is 0 Å². The molecule has 0 saturated carbocycles. The van der Waals surface area contributed by atoms with Gasteiger partial charge >= 0.3 is 0 Å². The van der Waals surface area contributed by atoms with Crippen molar-refractivity contribution in [3.63, 3.8) is 0 Å². The van der Waals surface area contributed by atoms with Gasteiger partial charge in [0.05, 0.1) is 11.7 Å². The molecular formula is C10H11FN4O. The second-order valence-electron chi connectivity index (χ2n) is 4.01. The van der Waals surface area contributed by atoms with E-state index in [0.717, 1.165) is 6.20 Å². The molecule has 0 aliphatic rings. The Balaban J connectivity index is 2.35. The first-order valence-corrected chi connectivity index (χ1v) is 4.72. The molecule has 0 saturated heterocycles. The minimum Gasteiger partial charge on any atom is -0.332 e. The standard InChI is InChI=1S/C10H11FN4O/c1-10(2,12)9-14-8(16-15-9)7-4-3-6(11)5-13-7/h3-5H,12H2,1-2H3. The number of nitrogens with two attached hydrogens (primary N) is 1. The van der Waals surface area contributed by atoms with Crippen molar-refractivity contribution in [3.05, 3.63) is 30.0 Å². The molecule has 5 nitrogen and oxygen atoms in total. The molecule has 0 spiro atoms. The van der Waals surface area contributed by atoms with E-state index >= 15 is 0 Å². The third kappa shape index (κ3) is 2.06. The number of halogens is 1. The highest BCUT2D eigenvalue weighted by atomic mass is 19.1. The van der Waals surface area contributed by atoms with Crippen LogP contribution >= 0.6 is 0 Å². The van der Waals surface area contributed by atoms with Crippen LogP contribution in [0.25, 0.3) is 11.6 Å². The summed E-state index contributed by atoms with van der Waals surface area (Å²) in [6, 6.07) is 2.75. The van der Waals surface area contributed by atoms with Crippen LogP contribution in [0, 0.1) is 5.82 Å². The van der Waals surface area contributed by atoms with Gasteiger partial charge in [-0.25, -0.2) is 9.37 Å². The van der Waals surface area contributed by atoms with Crippen LogP contribution in [0.3, 0.4) is 0 Å². The van der Waals surface area contributed by atoms with E-state index in [4.69, 9.17) is 10.3 Å². The third-order valence-electron chi connectivity index (χ3n) is 1.95. The zero-order valence-corrected chi connectivity index (χ0v) is 8.94. The molecule has 0 aliphatic heterocycles. The topological polar surface area (TPSA) is 77.8 Å². The Morgan fingerprint density at radius 2 is 2.12 bits per heavy atom. The smallest absolute Gasteiger partial charge is 0.276 e. The summed E-state index contributed by atoms with van der Waals surface area (Å²) in [7, 11) is 0. The zero-order valence-electron chi connectivity index (χ0n) is 8.94. The van der Waals surface area contributed by atoms with Crippen LogP contribution in [-0.2, 0) is 5.54 Å². The molecule has 0 unspecified atom stereocenters. The van der Waals surface area contributed by atoms with Gasteiger partial charge in [-0.2, -0.15) is 4.98 Å². The minimum absolute atomic E-state index is 0.230. The first-order valence-electron chi connectivity index (χ1n) is 4.72. The Hall–Kier alpha value is -1.82. The Morgan fingerprint density at radius 3 is 2.62 bits per heavy atom. The van der Waals surface area contributed by atoms with Gasteiger partial charge < -0.3 is 10.3 Å². The molecule has 84 valence electrons. The van der Waals surface area contributed by atoms with Gasteiger partial charge in [0.25, 0.3) is 5.89 Å². The van der Waals surface area contributed by atoms with Gasteiger partial charge in [0, 0.05) is 0 Å². The van der Waals surface area contributed by atoms with Crippen molar-refractivity contribution in [2.45, 2.75) is 19.4 Å². The second-order valence-corrected chi connectivity index (χ2v) is 4.01. The quantitative estimate of drug-likeness (QED) is 0.832. The van der Waals surface area contributed by atoms with Crippen molar-refractivity contribution in [2.75, 3.05) is 0 Å². The predicted octanol–water partition coefficient (Wildman–Crippen LogP) is 1.46. The third-order valence-corrected chi connectivity index (χ3v) is 1.95. The van der Waals surface area contributed by atoms with Crippen LogP contribution in [0.1, 0.15) is 19.7 Å². The second kappa shape index (κ2) is 3.64. The number of rotatable bonds is 2. The van der Waals surface area contributed by atoms with Crippen LogP contribution in [0.15, 0.2) is 22.9 Å². The molecule has 2 aromatic heterocycles. The molecular weight excluding hydrogens is 211 g/mol. The van der Waals surface area contributed by atoms with Gasteiger partial charge in [0.15, 0.2) is 5.82 Å². The summed E-state index contributed by atoms with van der Waals surface area (Å²) < 4.78 is 17.6. The fraction of sp³-hybridized carbons (Fsp3) is 0.300. The molecule has 0 aromatic carbocycles. The van der Waals surface area contributed by atoms with E-state index in [1.54, 1.807) is 13.8 Å². The minimum atomic E-state index is -0.679. The summed E-state index contributed by atoms with van der Waals surface area (Å²) >= 11 is 0. The molecule has 2 N–H and O–H groups in total. The van der Waals surface area contributed by atoms with E-state index < -0.39 is 11.4 Å². The molecule has 0 radical (unpaired) electrons. The van der Waals surface area contributed by atoms with Crippen molar-refractivity contribution in [1.29, 1.82) is 0 Å². The Bertz CT molecular complexity index is 486. The average Bonchev–Trinajstić information content (AvgIpc) is 2.67. The molecule has 0 fully saturated rings. The van der Waals surface area contributed by atoms with Crippen LogP contribution in [0.2, 0.25) is 0 Å². The summed E-state index contributed by atoms with van der Waals surface area (Å²) in [4.78, 5) is 7.93. The number of nitrogens with zero attached hydrogens (tertiary/aromatic N) is 3. The highest BCUT2D eigenvalue weighted by Gasteiger charge is 2.22. The SMILES string of the molecule is CC(C)(N)c1noc(-c2ccc(F)cn2)n1. The van der Waals surface area contributed by atoms with Crippen LogP contribution in [0.4, 0.5) is 4.39 Å². The maximum Gasteiger partial charge on any atom is 0.276 e. The lowest BCUT2D eigenvalue weighted by atomic mass is 10.1. The molecule has 2 rings (SSSR count). The molecule has 16 heavy (non-hydrogen) atoms. The van der Waals surface area contributed by atoms with Gasteiger partial charge in [0.1, 0.15) is 11.5 Å². The Morgan fingerprint density at radius 1 is 1.38 bits per heavy atom. The molecule has 0 amide bonds. The molecule has 0 aliphatic carbocycles. The Kier molecular flexibility index (Phi) is 2.43. The van der Waals surface area contributed by atoms with Crippen LogP contribution < -0.4 is 5.73 Å². The molecule has 2 heterocycles. The number of aromatic nitrogens is 3. The van der Waals surface area contributed by atoms with Gasteiger partial charge in [-0.1, -0.05) is 5.16 Å². The van der Waals surface area contributed by atoms with Crippen LogP contribution in [0.5, 0.6) is 0 Å². The maximum atomic E-state index is 12.6. The van der Waals surface area contributed by atoms with E-state index in [2.05, 4.69) is 15.1 Å². The van der Waals surface area contributed by atoms with Gasteiger partial charge in [-0.05, 0) is 26.0 Å². The average molecular weight is 222 g/mol. The highest BCUT2D eigenvalue weighted by Crippen LogP contribution is 2.18. The first kappa shape index (κ1) is 10.7. The maximum absolute atomic E-state index is 12.6. The highest BCUT2D eigenvalue weighted by molar-refractivity contribution is 5.45. The summed E-state index contributed by atoms with van der Waals surface area (Å²) in [5, 5.41) is 3.74. The van der Waals surface area contributed by atoms with Crippen molar-refractivity contribution in [1.82, 2.24) is 15.1 Å². The number of hydrogen-bond acceptors (Lipinski definition) is 5.